The Morgan fingerprint density at radius 3 is 2.40 bits per heavy atom. The van der Waals surface area contributed by atoms with Crippen LogP contribution in [0.3, 0.4) is 0 Å². The lowest BCUT2D eigenvalue weighted by Crippen LogP contribution is -2.26. The molecule has 20 heavy (non-hydrogen) atoms. The van der Waals surface area contributed by atoms with Gasteiger partial charge in [0.25, 0.3) is 11.8 Å². The van der Waals surface area contributed by atoms with Gasteiger partial charge in [0.15, 0.2) is 0 Å². The summed E-state index contributed by atoms with van der Waals surface area (Å²) in [5, 5.41) is 5.54. The summed E-state index contributed by atoms with van der Waals surface area (Å²) in [4.78, 5) is 23.7. The molecule has 0 aliphatic carbocycles. The van der Waals surface area contributed by atoms with Crippen LogP contribution in [0.15, 0.2) is 36.9 Å². The molecule has 0 radical (unpaired) electrons. The summed E-state index contributed by atoms with van der Waals surface area (Å²) in [7, 11) is 0. The minimum Gasteiger partial charge on any atom is -0.352 e. The quantitative estimate of drug-likeness (QED) is 0.565. The minimum atomic E-state index is -0.203. The molecule has 0 bridgehead atoms. The maximum Gasteiger partial charge on any atom is 0.251 e. The van der Waals surface area contributed by atoms with Gasteiger partial charge in [0, 0.05) is 24.2 Å². The van der Waals surface area contributed by atoms with Crippen LogP contribution in [0.25, 0.3) is 0 Å². The molecule has 0 aromatic heterocycles. The van der Waals surface area contributed by atoms with Crippen LogP contribution >= 0.6 is 0 Å². The Morgan fingerprint density at radius 2 is 1.80 bits per heavy atom. The average Bonchev–Trinajstić information content (AvgIpc) is 2.49. The van der Waals surface area contributed by atoms with Crippen LogP contribution in [0.4, 0.5) is 0 Å². The van der Waals surface area contributed by atoms with Crippen LogP contribution in [-0.2, 0) is 0 Å². The molecular weight excluding hydrogens is 252 g/mol. The first kappa shape index (κ1) is 16.0. The number of carbonyl (C=O) groups is 2. The number of unbranched alkanes of at least 4 members (excludes halogenated alkanes) is 2. The molecule has 1 aromatic carbocycles. The van der Waals surface area contributed by atoms with Gasteiger partial charge in [-0.2, -0.15) is 0 Å². The lowest BCUT2D eigenvalue weighted by atomic mass is 10.1. The van der Waals surface area contributed by atoms with Crippen molar-refractivity contribution >= 4 is 11.8 Å². The molecule has 0 saturated carbocycles. The van der Waals surface area contributed by atoms with E-state index in [1.54, 1.807) is 30.3 Å². The highest BCUT2D eigenvalue weighted by Gasteiger charge is 2.09. The van der Waals surface area contributed by atoms with Crippen LogP contribution < -0.4 is 10.6 Å². The monoisotopic (exact) mass is 274 g/mol. The van der Waals surface area contributed by atoms with Gasteiger partial charge in [-0.3, -0.25) is 9.59 Å². The van der Waals surface area contributed by atoms with Crippen molar-refractivity contribution in [3.63, 3.8) is 0 Å². The first-order valence-electron chi connectivity index (χ1n) is 6.96. The summed E-state index contributed by atoms with van der Waals surface area (Å²) in [5.74, 6) is -0.343. The number of amides is 2. The van der Waals surface area contributed by atoms with Crippen molar-refractivity contribution in [2.24, 2.45) is 0 Å². The molecule has 0 heterocycles. The first-order valence-corrected chi connectivity index (χ1v) is 6.96. The van der Waals surface area contributed by atoms with Crippen LogP contribution in [0.5, 0.6) is 0 Å². The van der Waals surface area contributed by atoms with Gasteiger partial charge >= 0.3 is 0 Å². The Labute approximate surface area is 120 Å². The Balaban J connectivity index is 2.60. The van der Waals surface area contributed by atoms with Gasteiger partial charge in [0.2, 0.25) is 0 Å². The summed E-state index contributed by atoms with van der Waals surface area (Å²) in [6, 6.07) is 6.71. The lowest BCUT2D eigenvalue weighted by Gasteiger charge is -2.07. The number of hydrogen-bond donors (Lipinski definition) is 2. The molecule has 0 atom stereocenters. The third-order valence-corrected chi connectivity index (χ3v) is 2.86. The van der Waals surface area contributed by atoms with E-state index in [1.807, 2.05) is 0 Å². The fraction of sp³-hybridized carbons (Fsp3) is 0.375. The van der Waals surface area contributed by atoms with E-state index < -0.39 is 0 Å². The molecule has 1 aromatic rings. The fourth-order valence-corrected chi connectivity index (χ4v) is 1.75. The average molecular weight is 274 g/mol. The van der Waals surface area contributed by atoms with Gasteiger partial charge in [-0.15, -0.1) is 6.58 Å². The first-order chi connectivity index (χ1) is 9.69. The van der Waals surface area contributed by atoms with E-state index in [4.69, 9.17) is 0 Å². The molecular formula is C16H22N2O2. The van der Waals surface area contributed by atoms with Crippen molar-refractivity contribution in [2.45, 2.75) is 26.2 Å². The summed E-state index contributed by atoms with van der Waals surface area (Å²) < 4.78 is 0. The van der Waals surface area contributed by atoms with Crippen molar-refractivity contribution in [3.05, 3.63) is 48.0 Å². The Hall–Kier alpha value is -2.10. The van der Waals surface area contributed by atoms with Crippen LogP contribution in [0.2, 0.25) is 0 Å². The van der Waals surface area contributed by atoms with Crippen LogP contribution in [0.1, 0.15) is 46.9 Å². The topological polar surface area (TPSA) is 58.2 Å². The molecule has 0 unspecified atom stereocenters. The second-order valence-corrected chi connectivity index (χ2v) is 4.54. The molecule has 0 aliphatic rings. The van der Waals surface area contributed by atoms with E-state index in [1.165, 1.54) is 0 Å². The SMILES string of the molecule is C=CCNC(=O)c1cccc(C(=O)NCCCCC)c1. The maximum atomic E-state index is 11.9. The zero-order chi connectivity index (χ0) is 14.8. The zero-order valence-electron chi connectivity index (χ0n) is 11.9. The largest absolute Gasteiger partial charge is 0.352 e. The van der Waals surface area contributed by atoms with E-state index in [0.29, 0.717) is 24.2 Å². The predicted molar refractivity (Wildman–Crippen MR) is 80.8 cm³/mol. The maximum absolute atomic E-state index is 11.9. The second kappa shape index (κ2) is 8.91. The number of hydrogen-bond acceptors (Lipinski definition) is 2. The van der Waals surface area contributed by atoms with Gasteiger partial charge in [-0.1, -0.05) is 31.9 Å². The molecule has 0 saturated heterocycles. The molecule has 0 aliphatic heterocycles. The van der Waals surface area contributed by atoms with E-state index in [9.17, 15) is 9.59 Å². The second-order valence-electron chi connectivity index (χ2n) is 4.54. The fourth-order valence-electron chi connectivity index (χ4n) is 1.75. The molecule has 4 heteroatoms. The number of carbonyl (C=O) groups excluding carboxylic acids is 2. The lowest BCUT2D eigenvalue weighted by molar-refractivity contribution is 0.0953. The van der Waals surface area contributed by atoms with Crippen molar-refractivity contribution in [1.82, 2.24) is 10.6 Å². The third kappa shape index (κ3) is 5.26. The van der Waals surface area contributed by atoms with E-state index in [0.717, 1.165) is 19.3 Å². The van der Waals surface area contributed by atoms with Crippen molar-refractivity contribution in [2.75, 3.05) is 13.1 Å². The van der Waals surface area contributed by atoms with Crippen molar-refractivity contribution < 1.29 is 9.59 Å². The zero-order valence-corrected chi connectivity index (χ0v) is 11.9. The number of rotatable bonds is 8. The Bertz CT molecular complexity index is 469. The summed E-state index contributed by atoms with van der Waals surface area (Å²) in [5.41, 5.74) is 0.987. The van der Waals surface area contributed by atoms with Gasteiger partial charge < -0.3 is 10.6 Å². The number of benzene rings is 1. The molecule has 2 amide bonds. The smallest absolute Gasteiger partial charge is 0.251 e. The van der Waals surface area contributed by atoms with Gasteiger partial charge in [-0.25, -0.2) is 0 Å². The highest BCUT2D eigenvalue weighted by atomic mass is 16.2. The molecule has 1 rings (SSSR count). The predicted octanol–water partition coefficient (Wildman–Crippen LogP) is 2.52. The van der Waals surface area contributed by atoms with E-state index >= 15 is 0 Å². The van der Waals surface area contributed by atoms with Gasteiger partial charge in [-0.05, 0) is 24.6 Å². The molecule has 2 N–H and O–H groups in total. The Kier molecular flexibility index (Phi) is 7.11. The summed E-state index contributed by atoms with van der Waals surface area (Å²) in [6.07, 6.45) is 4.81. The van der Waals surface area contributed by atoms with Gasteiger partial charge in [0.1, 0.15) is 0 Å². The Morgan fingerprint density at radius 1 is 1.15 bits per heavy atom. The number of nitrogens with one attached hydrogen (secondary N) is 2. The third-order valence-electron chi connectivity index (χ3n) is 2.86. The molecule has 108 valence electrons. The minimum absolute atomic E-state index is 0.139. The molecule has 0 spiro atoms. The van der Waals surface area contributed by atoms with Gasteiger partial charge in [0.05, 0.1) is 0 Å². The van der Waals surface area contributed by atoms with Crippen LogP contribution in [0, 0.1) is 0 Å². The van der Waals surface area contributed by atoms with E-state index in [2.05, 4.69) is 24.1 Å². The van der Waals surface area contributed by atoms with Crippen LogP contribution in [-0.4, -0.2) is 24.9 Å². The normalized spacial score (nSPS) is 9.85. The van der Waals surface area contributed by atoms with Crippen molar-refractivity contribution in [1.29, 1.82) is 0 Å². The summed E-state index contributed by atoms with van der Waals surface area (Å²) >= 11 is 0. The van der Waals surface area contributed by atoms with E-state index in [-0.39, 0.29) is 11.8 Å². The summed E-state index contributed by atoms with van der Waals surface area (Å²) in [6.45, 7) is 6.74. The highest BCUT2D eigenvalue weighted by Crippen LogP contribution is 2.05. The molecule has 4 nitrogen and oxygen atoms in total. The standard InChI is InChI=1S/C16H22N2O2/c1-3-5-6-11-18-16(20)14-9-7-8-13(12-14)15(19)17-10-4-2/h4,7-9,12H,2-3,5-6,10-11H2,1H3,(H,17,19)(H,18,20). The highest BCUT2D eigenvalue weighted by molar-refractivity contribution is 5.99. The molecule has 0 fully saturated rings. The van der Waals surface area contributed by atoms with Crippen molar-refractivity contribution in [3.8, 4) is 0 Å².